The Labute approximate surface area is 157 Å². The molecule has 3 rings (SSSR count). The lowest BCUT2D eigenvalue weighted by Gasteiger charge is -2.11. The number of anilines is 1. The maximum absolute atomic E-state index is 11.1. The summed E-state index contributed by atoms with van der Waals surface area (Å²) in [6.45, 7) is 5.14. The number of benzene rings is 2. The fourth-order valence-electron chi connectivity index (χ4n) is 3.20. The van der Waals surface area contributed by atoms with Crippen LogP contribution in [0.3, 0.4) is 0 Å². The first-order valence-corrected chi connectivity index (χ1v) is 10.1. The van der Waals surface area contributed by atoms with Gasteiger partial charge in [0.25, 0.3) is 0 Å². The van der Waals surface area contributed by atoms with Crippen LogP contribution in [0.1, 0.15) is 19.4 Å². The highest BCUT2D eigenvalue weighted by Crippen LogP contribution is 2.38. The Hall–Kier alpha value is -2.78. The monoisotopic (exact) mass is 385 g/mol. The van der Waals surface area contributed by atoms with Gasteiger partial charge in [0.15, 0.2) is 0 Å². The van der Waals surface area contributed by atoms with Crippen LogP contribution in [0, 0.1) is 11.3 Å². The van der Waals surface area contributed by atoms with Gasteiger partial charge in [-0.15, -0.1) is 0 Å². The van der Waals surface area contributed by atoms with Gasteiger partial charge in [-0.2, -0.15) is 5.26 Å². The van der Waals surface area contributed by atoms with Crippen LogP contribution < -0.4 is 9.82 Å². The van der Waals surface area contributed by atoms with Crippen molar-refractivity contribution in [2.24, 2.45) is 0 Å². The largest absolute Gasteiger partial charge is 0.494 e. The molecule has 0 unspecified atom stereocenters. The minimum atomic E-state index is -4.36. The zero-order chi connectivity index (χ0) is 19.6. The molecule has 0 spiro atoms. The molecule has 0 radical (unpaired) electrons. The number of ether oxygens (including phenoxy) is 1. The first-order valence-electron chi connectivity index (χ1n) is 8.51. The van der Waals surface area contributed by atoms with E-state index >= 15 is 0 Å². The second-order valence-corrected chi connectivity index (χ2v) is 7.24. The first kappa shape index (κ1) is 19.0. The molecule has 0 aliphatic rings. The number of rotatable bonds is 6. The van der Waals surface area contributed by atoms with Crippen LogP contribution in [0.5, 0.6) is 5.75 Å². The summed E-state index contributed by atoms with van der Waals surface area (Å²) in [6, 6.07) is 14.6. The summed E-state index contributed by atoms with van der Waals surface area (Å²) in [5.74, 6) is 0.745. The number of hydrogen-bond acceptors (Lipinski definition) is 3. The topological polar surface area (TPSA) is 108 Å². The van der Waals surface area contributed by atoms with E-state index in [9.17, 15) is 9.83 Å². The van der Waals surface area contributed by atoms with E-state index in [4.69, 9.17) is 14.5 Å². The van der Waals surface area contributed by atoms with Gasteiger partial charge < -0.3 is 19.1 Å². The third-order valence-corrected chi connectivity index (χ3v) is 4.76. The highest BCUT2D eigenvalue weighted by Gasteiger charge is 2.19. The summed E-state index contributed by atoms with van der Waals surface area (Å²) in [6.07, 6.45) is 0. The van der Waals surface area contributed by atoms with E-state index in [-0.39, 0.29) is 0 Å². The van der Waals surface area contributed by atoms with E-state index in [0.717, 1.165) is 27.9 Å². The van der Waals surface area contributed by atoms with Gasteiger partial charge in [-0.25, -0.2) is 4.57 Å². The molecule has 0 amide bonds. The van der Waals surface area contributed by atoms with Gasteiger partial charge in [0.1, 0.15) is 11.8 Å². The molecule has 0 saturated carbocycles. The van der Waals surface area contributed by atoms with Gasteiger partial charge in [-0.3, -0.25) is 5.09 Å². The standard InChI is InChI=1S/C19H20N3O4P/c1-3-22-18-11-15(26-4-2)9-10-16(18)17(12-20)19(22)13-5-7-14(8-6-13)21-27(23,24)25/h5-11H,3-4H2,1-2H3,(H3,21,23,24,25). The predicted molar refractivity (Wildman–Crippen MR) is 105 cm³/mol. The highest BCUT2D eigenvalue weighted by atomic mass is 31.2. The maximum atomic E-state index is 11.1. The van der Waals surface area contributed by atoms with E-state index in [2.05, 4.69) is 11.2 Å². The zero-order valence-electron chi connectivity index (χ0n) is 15.0. The fraction of sp³-hybridized carbons (Fsp3) is 0.211. The Morgan fingerprint density at radius 3 is 2.44 bits per heavy atom. The molecule has 0 aliphatic heterocycles. The second kappa shape index (κ2) is 7.45. The molecule has 0 atom stereocenters. The summed E-state index contributed by atoms with van der Waals surface area (Å²) >= 11 is 0. The third kappa shape index (κ3) is 3.83. The van der Waals surface area contributed by atoms with Crippen molar-refractivity contribution in [3.8, 4) is 23.1 Å². The summed E-state index contributed by atoms with van der Waals surface area (Å²) in [7, 11) is -4.36. The van der Waals surface area contributed by atoms with E-state index in [1.54, 1.807) is 24.3 Å². The smallest absolute Gasteiger partial charge is 0.427 e. The third-order valence-electron chi connectivity index (χ3n) is 4.21. The highest BCUT2D eigenvalue weighted by molar-refractivity contribution is 7.53. The Morgan fingerprint density at radius 1 is 1.19 bits per heavy atom. The van der Waals surface area contributed by atoms with Crippen LogP contribution >= 0.6 is 7.75 Å². The molecule has 1 heterocycles. The maximum Gasteiger partial charge on any atom is 0.427 e. The van der Waals surface area contributed by atoms with Gasteiger partial charge in [0.2, 0.25) is 0 Å². The molecule has 0 aliphatic carbocycles. The number of nitrogens with zero attached hydrogens (tertiary/aromatic N) is 2. The van der Waals surface area contributed by atoms with Crippen molar-refractivity contribution < 1.29 is 19.1 Å². The lowest BCUT2D eigenvalue weighted by molar-refractivity contribution is 0.340. The molecule has 2 aromatic carbocycles. The van der Waals surface area contributed by atoms with Gasteiger partial charge in [0.05, 0.1) is 23.4 Å². The first-order chi connectivity index (χ1) is 12.9. The number of aryl methyl sites for hydroxylation is 1. The van der Waals surface area contributed by atoms with Gasteiger partial charge in [-0.1, -0.05) is 12.1 Å². The van der Waals surface area contributed by atoms with Crippen molar-refractivity contribution in [3.05, 3.63) is 48.0 Å². The molecule has 7 nitrogen and oxygen atoms in total. The molecule has 8 heteroatoms. The molecular formula is C19H20N3O4P. The van der Waals surface area contributed by atoms with Crippen molar-refractivity contribution in [3.63, 3.8) is 0 Å². The number of nitrogens with one attached hydrogen (secondary N) is 1. The van der Waals surface area contributed by atoms with Crippen molar-refractivity contribution in [2.75, 3.05) is 11.7 Å². The van der Waals surface area contributed by atoms with E-state index in [1.807, 2.05) is 36.6 Å². The Balaban J connectivity index is 2.15. The Bertz CT molecular complexity index is 1060. The van der Waals surface area contributed by atoms with Crippen LogP contribution in [0.4, 0.5) is 5.69 Å². The molecule has 0 saturated heterocycles. The average Bonchev–Trinajstić information content (AvgIpc) is 2.94. The van der Waals surface area contributed by atoms with Crippen molar-refractivity contribution in [1.29, 1.82) is 5.26 Å². The lowest BCUT2D eigenvalue weighted by atomic mass is 10.1. The number of fused-ring (bicyclic) bond motifs is 1. The van der Waals surface area contributed by atoms with Crippen LogP contribution in [-0.4, -0.2) is 21.0 Å². The lowest BCUT2D eigenvalue weighted by Crippen LogP contribution is -1.99. The van der Waals surface area contributed by atoms with E-state index in [1.165, 1.54) is 0 Å². The molecule has 1 aromatic heterocycles. The normalized spacial score (nSPS) is 11.4. The molecule has 27 heavy (non-hydrogen) atoms. The fourth-order valence-corrected chi connectivity index (χ4v) is 3.68. The summed E-state index contributed by atoms with van der Waals surface area (Å²) in [4.78, 5) is 18.1. The number of nitriles is 1. The minimum Gasteiger partial charge on any atom is -0.494 e. The van der Waals surface area contributed by atoms with Crippen molar-refractivity contribution in [2.45, 2.75) is 20.4 Å². The minimum absolute atomic E-state index is 0.309. The van der Waals surface area contributed by atoms with Crippen LogP contribution in [0.2, 0.25) is 0 Å². The van der Waals surface area contributed by atoms with Crippen molar-refractivity contribution in [1.82, 2.24) is 4.57 Å². The van der Waals surface area contributed by atoms with E-state index < -0.39 is 7.75 Å². The SMILES string of the molecule is CCOc1ccc2c(C#N)c(-c3ccc(NP(=O)(O)O)cc3)n(CC)c2c1. The Kier molecular flexibility index (Phi) is 5.24. The van der Waals surface area contributed by atoms with Crippen LogP contribution in [0.25, 0.3) is 22.2 Å². The predicted octanol–water partition coefficient (Wildman–Crippen LogP) is 4.10. The summed E-state index contributed by atoms with van der Waals surface area (Å²) in [5.41, 5.74) is 3.34. The molecule has 3 aromatic rings. The molecule has 0 bridgehead atoms. The van der Waals surface area contributed by atoms with Crippen molar-refractivity contribution >= 4 is 24.3 Å². The van der Waals surface area contributed by atoms with E-state index in [0.29, 0.717) is 24.4 Å². The molecule has 0 fully saturated rings. The second-order valence-electron chi connectivity index (χ2n) is 5.92. The van der Waals surface area contributed by atoms with Gasteiger partial charge >= 0.3 is 7.75 Å². The number of hydrogen-bond donors (Lipinski definition) is 3. The zero-order valence-corrected chi connectivity index (χ0v) is 15.9. The van der Waals surface area contributed by atoms with Crippen LogP contribution in [-0.2, 0) is 11.1 Å². The summed E-state index contributed by atoms with van der Waals surface area (Å²) in [5, 5.41) is 12.7. The quantitative estimate of drug-likeness (QED) is 0.552. The molecule has 140 valence electrons. The van der Waals surface area contributed by atoms with Gasteiger partial charge in [-0.05, 0) is 43.7 Å². The van der Waals surface area contributed by atoms with Crippen LogP contribution in [0.15, 0.2) is 42.5 Å². The molecule has 3 N–H and O–H groups in total. The number of aromatic nitrogens is 1. The summed E-state index contributed by atoms with van der Waals surface area (Å²) < 4.78 is 18.7. The molecular weight excluding hydrogens is 365 g/mol. The average molecular weight is 385 g/mol. The van der Waals surface area contributed by atoms with Gasteiger partial charge in [0, 0.05) is 23.7 Å². The Morgan fingerprint density at radius 2 is 1.89 bits per heavy atom.